The Labute approximate surface area is 103 Å². The van der Waals surface area contributed by atoms with Crippen LogP contribution >= 0.6 is 0 Å². The van der Waals surface area contributed by atoms with E-state index in [9.17, 15) is 13.8 Å². The molecule has 1 atom stereocenters. The molecule has 0 aromatic carbocycles. The summed E-state index contributed by atoms with van der Waals surface area (Å²) in [5.41, 5.74) is 5.15. The van der Waals surface area contributed by atoms with Gasteiger partial charge in [0.05, 0.1) is 6.42 Å². The summed E-state index contributed by atoms with van der Waals surface area (Å²) in [5.74, 6) is -0.571. The van der Waals surface area contributed by atoms with Crippen molar-refractivity contribution in [2.45, 2.75) is 27.2 Å². The van der Waals surface area contributed by atoms with Crippen LogP contribution in [-0.4, -0.2) is 27.0 Å². The van der Waals surface area contributed by atoms with Gasteiger partial charge in [-0.05, 0) is 5.41 Å². The number of carbonyl (C=O) groups excluding carboxylic acids is 2. The van der Waals surface area contributed by atoms with Crippen LogP contribution in [0.15, 0.2) is 11.1 Å². The van der Waals surface area contributed by atoms with Gasteiger partial charge in [-0.2, -0.15) is 0 Å². The van der Waals surface area contributed by atoms with Gasteiger partial charge in [0.1, 0.15) is 0 Å². The number of urea groups is 1. The maximum Gasteiger partial charge on any atom is 0.333 e. The molecule has 0 radical (unpaired) electrons. The lowest BCUT2D eigenvalue weighted by atomic mass is 9.97. The fraction of sp³-hybridized carbons (Fsp3) is 0.600. The highest BCUT2D eigenvalue weighted by atomic mass is 32.2. The molecule has 3 N–H and O–H groups in total. The van der Waals surface area contributed by atoms with Crippen LogP contribution in [0.5, 0.6) is 0 Å². The van der Waals surface area contributed by atoms with Crippen molar-refractivity contribution in [3.05, 3.63) is 11.1 Å². The lowest BCUT2D eigenvalue weighted by Crippen LogP contribution is -2.47. The fourth-order valence-corrected chi connectivity index (χ4v) is 2.57. The molecule has 0 aromatic rings. The van der Waals surface area contributed by atoms with Gasteiger partial charge in [0.25, 0.3) is 0 Å². The molecule has 6 nitrogen and oxygen atoms in total. The molecule has 17 heavy (non-hydrogen) atoms. The maximum atomic E-state index is 11.8. The third-order valence-corrected chi connectivity index (χ3v) is 3.15. The molecular formula is C10H17N3O3S. The zero-order valence-corrected chi connectivity index (χ0v) is 11.0. The molecule has 7 heteroatoms. The third kappa shape index (κ3) is 4.18. The van der Waals surface area contributed by atoms with Crippen LogP contribution in [0.2, 0.25) is 0 Å². The van der Waals surface area contributed by atoms with Gasteiger partial charge in [-0.1, -0.05) is 20.8 Å². The van der Waals surface area contributed by atoms with E-state index >= 15 is 0 Å². The van der Waals surface area contributed by atoms with Gasteiger partial charge in [-0.3, -0.25) is 4.79 Å². The molecule has 0 saturated carbocycles. The van der Waals surface area contributed by atoms with Crippen LogP contribution < -0.4 is 11.1 Å². The Balaban J connectivity index is 2.81. The van der Waals surface area contributed by atoms with Gasteiger partial charge in [0, 0.05) is 17.6 Å². The normalized spacial score (nSPS) is 20.9. The topological polar surface area (TPSA) is 92.5 Å². The maximum absolute atomic E-state index is 11.8. The summed E-state index contributed by atoms with van der Waals surface area (Å²) in [4.78, 5) is 22.4. The van der Waals surface area contributed by atoms with Crippen LogP contribution in [-0.2, 0) is 15.8 Å². The molecule has 1 aliphatic rings. The van der Waals surface area contributed by atoms with Crippen LogP contribution in [0.3, 0.4) is 0 Å². The molecule has 0 fully saturated rings. The monoisotopic (exact) mass is 259 g/mol. The molecule has 0 aromatic heterocycles. The van der Waals surface area contributed by atoms with E-state index in [4.69, 9.17) is 5.73 Å². The second-order valence-corrected chi connectivity index (χ2v) is 6.32. The average Bonchev–Trinajstić information content (AvgIpc) is 2.08. The minimum atomic E-state index is -1.55. The SMILES string of the molecule is CC(C)(C)CN1C(=O)NC(CC(N)=O)=CS1=O. The number of hydrogen-bond acceptors (Lipinski definition) is 3. The zero-order chi connectivity index (χ0) is 13.2. The van der Waals surface area contributed by atoms with Gasteiger partial charge < -0.3 is 11.1 Å². The number of rotatable bonds is 3. The summed E-state index contributed by atoms with van der Waals surface area (Å²) >= 11 is 0. The highest BCUT2D eigenvalue weighted by Crippen LogP contribution is 2.19. The Kier molecular flexibility index (Phi) is 3.92. The zero-order valence-electron chi connectivity index (χ0n) is 10.1. The number of amides is 3. The second-order valence-electron chi connectivity index (χ2n) is 5.09. The van der Waals surface area contributed by atoms with E-state index < -0.39 is 22.9 Å². The van der Waals surface area contributed by atoms with Crippen molar-refractivity contribution in [1.29, 1.82) is 0 Å². The summed E-state index contributed by atoms with van der Waals surface area (Å²) in [6.07, 6.45) is -0.110. The Hall–Kier alpha value is -1.37. The summed E-state index contributed by atoms with van der Waals surface area (Å²) in [7, 11) is -1.55. The fourth-order valence-electron chi connectivity index (χ4n) is 1.34. The van der Waals surface area contributed by atoms with Crippen molar-refractivity contribution in [1.82, 2.24) is 9.62 Å². The molecule has 0 aliphatic carbocycles. The number of carbonyl (C=O) groups is 2. The van der Waals surface area contributed by atoms with Gasteiger partial charge in [-0.25, -0.2) is 13.3 Å². The van der Waals surface area contributed by atoms with Crippen molar-refractivity contribution >= 4 is 22.9 Å². The van der Waals surface area contributed by atoms with E-state index in [0.717, 1.165) is 0 Å². The molecule has 1 unspecified atom stereocenters. The first kappa shape index (κ1) is 13.7. The first-order valence-electron chi connectivity index (χ1n) is 5.17. The van der Waals surface area contributed by atoms with Gasteiger partial charge in [0.2, 0.25) is 5.91 Å². The third-order valence-electron chi connectivity index (χ3n) is 1.94. The number of hydrogen-bond donors (Lipinski definition) is 2. The molecule has 96 valence electrons. The smallest absolute Gasteiger partial charge is 0.333 e. The number of primary amides is 1. The molecule has 1 aliphatic heterocycles. The predicted octanol–water partition coefficient (Wildman–Crippen LogP) is 0.438. The van der Waals surface area contributed by atoms with Gasteiger partial charge >= 0.3 is 6.03 Å². The van der Waals surface area contributed by atoms with Gasteiger partial charge in [0.15, 0.2) is 11.0 Å². The number of nitrogens with two attached hydrogens (primary N) is 1. The number of nitrogens with zero attached hydrogens (tertiary/aromatic N) is 1. The summed E-state index contributed by atoms with van der Waals surface area (Å²) in [6.45, 7) is 6.20. The van der Waals surface area contributed by atoms with E-state index in [2.05, 4.69) is 5.32 Å². The molecule has 0 spiro atoms. The minimum Gasteiger partial charge on any atom is -0.369 e. The Morgan fingerprint density at radius 2 is 2.12 bits per heavy atom. The average molecular weight is 259 g/mol. The van der Waals surface area contributed by atoms with Gasteiger partial charge in [-0.15, -0.1) is 0 Å². The minimum absolute atomic E-state index is 0.110. The highest BCUT2D eigenvalue weighted by molar-refractivity contribution is 7.86. The molecular weight excluding hydrogens is 242 g/mol. The summed E-state index contributed by atoms with van der Waals surface area (Å²) in [5, 5.41) is 3.85. The van der Waals surface area contributed by atoms with Crippen molar-refractivity contribution in [2.75, 3.05) is 6.54 Å². The quantitative estimate of drug-likeness (QED) is 0.770. The molecule has 0 bridgehead atoms. The predicted molar refractivity (Wildman–Crippen MR) is 64.7 cm³/mol. The Bertz CT molecular complexity index is 398. The van der Waals surface area contributed by atoms with E-state index in [1.54, 1.807) is 0 Å². The van der Waals surface area contributed by atoms with Crippen molar-refractivity contribution < 1.29 is 13.8 Å². The summed E-state index contributed by atoms with van der Waals surface area (Å²) in [6, 6.07) is -0.461. The van der Waals surface area contributed by atoms with E-state index in [1.807, 2.05) is 20.8 Å². The molecule has 1 rings (SSSR count). The van der Waals surface area contributed by atoms with E-state index in [-0.39, 0.29) is 11.8 Å². The number of nitrogens with one attached hydrogen (secondary N) is 1. The Morgan fingerprint density at radius 3 is 2.53 bits per heavy atom. The largest absolute Gasteiger partial charge is 0.369 e. The first-order chi connectivity index (χ1) is 7.69. The lowest BCUT2D eigenvalue weighted by molar-refractivity contribution is -0.117. The molecule has 3 amide bonds. The summed E-state index contributed by atoms with van der Waals surface area (Å²) < 4.78 is 13.0. The van der Waals surface area contributed by atoms with Crippen molar-refractivity contribution in [2.24, 2.45) is 11.1 Å². The lowest BCUT2D eigenvalue weighted by Gasteiger charge is -2.30. The van der Waals surface area contributed by atoms with E-state index in [0.29, 0.717) is 12.2 Å². The molecule has 0 saturated heterocycles. The highest BCUT2D eigenvalue weighted by Gasteiger charge is 2.29. The standard InChI is InChI=1S/C10H17N3O3S/c1-10(2,3)6-13-9(15)12-7(4-8(11)14)5-17(13)16/h5H,4,6H2,1-3H3,(H2,11,14)(H,12,15). The second kappa shape index (κ2) is 4.87. The van der Waals surface area contributed by atoms with Crippen molar-refractivity contribution in [3.63, 3.8) is 0 Å². The first-order valence-corrected chi connectivity index (χ1v) is 6.34. The van der Waals surface area contributed by atoms with Crippen LogP contribution in [0.1, 0.15) is 27.2 Å². The van der Waals surface area contributed by atoms with Crippen molar-refractivity contribution in [3.8, 4) is 0 Å². The van der Waals surface area contributed by atoms with Crippen LogP contribution in [0.4, 0.5) is 4.79 Å². The molecule has 1 heterocycles. The van der Waals surface area contributed by atoms with Crippen LogP contribution in [0.25, 0.3) is 0 Å². The van der Waals surface area contributed by atoms with Crippen LogP contribution in [0, 0.1) is 5.41 Å². The Morgan fingerprint density at radius 1 is 1.53 bits per heavy atom. The van der Waals surface area contributed by atoms with E-state index in [1.165, 1.54) is 9.71 Å².